The number of aromatic nitrogens is 3. The molecule has 2 aromatic heterocycles. The fraction of sp³-hybridized carbons (Fsp3) is 0.250. The van der Waals surface area contributed by atoms with Gasteiger partial charge in [-0.3, -0.25) is 0 Å². The zero-order valence-electron chi connectivity index (χ0n) is 12.1. The van der Waals surface area contributed by atoms with E-state index in [0.29, 0.717) is 6.04 Å². The highest BCUT2D eigenvalue weighted by molar-refractivity contribution is 7.98. The summed E-state index contributed by atoms with van der Waals surface area (Å²) in [4.78, 5) is 7.00. The van der Waals surface area contributed by atoms with Crippen molar-refractivity contribution in [2.45, 2.75) is 23.4 Å². The minimum atomic E-state index is 0.224. The molecule has 1 aliphatic heterocycles. The second-order valence-electron chi connectivity index (χ2n) is 5.27. The lowest BCUT2D eigenvalue weighted by Gasteiger charge is -2.31. The predicted molar refractivity (Wildman–Crippen MR) is 91.7 cm³/mol. The quantitative estimate of drug-likeness (QED) is 0.732. The summed E-state index contributed by atoms with van der Waals surface area (Å²) < 4.78 is 2.00. The van der Waals surface area contributed by atoms with E-state index in [-0.39, 0.29) is 6.04 Å². The van der Waals surface area contributed by atoms with Crippen LogP contribution in [0.4, 0.5) is 5.95 Å². The van der Waals surface area contributed by atoms with Crippen molar-refractivity contribution in [2.24, 2.45) is 0 Å². The van der Waals surface area contributed by atoms with E-state index in [1.165, 1.54) is 15.3 Å². The molecular weight excluding hydrogens is 312 g/mol. The number of nitrogens with zero attached hydrogens (tertiary/aromatic N) is 3. The van der Waals surface area contributed by atoms with Crippen LogP contribution in [0.1, 0.15) is 28.9 Å². The lowest BCUT2D eigenvalue weighted by Crippen LogP contribution is -2.27. The van der Waals surface area contributed by atoms with Gasteiger partial charge in [-0.25, -0.2) is 4.68 Å². The molecular formula is C16H16N4S2. The number of thioether (sulfide) groups is 1. The van der Waals surface area contributed by atoms with Crippen molar-refractivity contribution in [3.05, 3.63) is 58.5 Å². The smallest absolute Gasteiger partial charge is 0.222 e. The Morgan fingerprint density at radius 1 is 1.27 bits per heavy atom. The van der Waals surface area contributed by atoms with E-state index in [1.807, 2.05) is 4.68 Å². The van der Waals surface area contributed by atoms with Gasteiger partial charge in [-0.1, -0.05) is 18.2 Å². The molecule has 0 spiro atoms. The summed E-state index contributed by atoms with van der Waals surface area (Å²) in [7, 11) is 0. The second-order valence-corrected chi connectivity index (χ2v) is 7.12. The summed E-state index contributed by atoms with van der Waals surface area (Å²) in [5.74, 6) is 0.851. The summed E-state index contributed by atoms with van der Waals surface area (Å²) in [5.41, 5.74) is 1.28. The molecule has 112 valence electrons. The van der Waals surface area contributed by atoms with Gasteiger partial charge in [0.25, 0.3) is 0 Å². The van der Waals surface area contributed by atoms with Crippen molar-refractivity contribution in [1.29, 1.82) is 0 Å². The minimum absolute atomic E-state index is 0.224. The fourth-order valence-corrected chi connectivity index (χ4v) is 4.10. The zero-order valence-corrected chi connectivity index (χ0v) is 13.8. The minimum Gasteiger partial charge on any atom is -0.347 e. The number of thiophene rings is 1. The molecule has 2 atom stereocenters. The van der Waals surface area contributed by atoms with Crippen molar-refractivity contribution >= 4 is 29.0 Å². The lowest BCUT2D eigenvalue weighted by atomic mass is 9.97. The van der Waals surface area contributed by atoms with Crippen LogP contribution < -0.4 is 5.32 Å². The van der Waals surface area contributed by atoms with E-state index in [4.69, 9.17) is 0 Å². The molecule has 0 unspecified atom stereocenters. The fourth-order valence-electron chi connectivity index (χ4n) is 2.90. The molecule has 1 N–H and O–H groups in total. The van der Waals surface area contributed by atoms with Gasteiger partial charge in [0.2, 0.25) is 5.95 Å². The van der Waals surface area contributed by atoms with Gasteiger partial charge < -0.3 is 5.32 Å². The molecule has 0 radical (unpaired) electrons. The van der Waals surface area contributed by atoms with Gasteiger partial charge in [0.1, 0.15) is 6.33 Å². The van der Waals surface area contributed by atoms with E-state index in [9.17, 15) is 0 Å². The normalized spacial score (nSPS) is 20.4. The van der Waals surface area contributed by atoms with Crippen LogP contribution in [0.15, 0.2) is 53.0 Å². The molecule has 4 nitrogen and oxygen atoms in total. The van der Waals surface area contributed by atoms with Gasteiger partial charge >= 0.3 is 0 Å². The van der Waals surface area contributed by atoms with Crippen LogP contribution in [0.5, 0.6) is 0 Å². The molecule has 0 bridgehead atoms. The molecule has 4 rings (SSSR count). The summed E-state index contributed by atoms with van der Waals surface area (Å²) >= 11 is 3.55. The summed E-state index contributed by atoms with van der Waals surface area (Å²) in [6.07, 6.45) is 4.71. The molecule has 0 fully saturated rings. The number of hydrogen-bond donors (Lipinski definition) is 1. The Kier molecular flexibility index (Phi) is 3.63. The molecule has 3 aromatic rings. The van der Waals surface area contributed by atoms with Crippen molar-refractivity contribution in [2.75, 3.05) is 11.6 Å². The highest BCUT2D eigenvalue weighted by Gasteiger charge is 2.30. The maximum Gasteiger partial charge on any atom is 0.222 e. The first kappa shape index (κ1) is 13.8. The van der Waals surface area contributed by atoms with E-state index in [0.717, 1.165) is 12.4 Å². The molecule has 1 aliphatic rings. The summed E-state index contributed by atoms with van der Waals surface area (Å²) in [6, 6.07) is 13.6. The molecule has 1 aromatic carbocycles. The van der Waals surface area contributed by atoms with E-state index < -0.39 is 0 Å². The first-order valence-corrected chi connectivity index (χ1v) is 9.29. The Morgan fingerprint density at radius 2 is 2.14 bits per heavy atom. The van der Waals surface area contributed by atoms with Crippen LogP contribution in [-0.4, -0.2) is 21.0 Å². The molecule has 0 saturated heterocycles. The van der Waals surface area contributed by atoms with Crippen molar-refractivity contribution in [3.63, 3.8) is 0 Å². The van der Waals surface area contributed by atoms with Crippen LogP contribution in [-0.2, 0) is 0 Å². The van der Waals surface area contributed by atoms with Crippen LogP contribution in [0.3, 0.4) is 0 Å². The first-order valence-electron chi connectivity index (χ1n) is 7.18. The summed E-state index contributed by atoms with van der Waals surface area (Å²) in [5, 5.41) is 10.0. The van der Waals surface area contributed by atoms with Gasteiger partial charge in [-0.15, -0.1) is 23.1 Å². The van der Waals surface area contributed by atoms with Gasteiger partial charge in [-0.2, -0.15) is 10.1 Å². The van der Waals surface area contributed by atoms with Gasteiger partial charge in [-0.05, 0) is 41.8 Å². The maximum absolute atomic E-state index is 4.41. The number of benzene rings is 1. The van der Waals surface area contributed by atoms with E-state index in [2.05, 4.69) is 63.4 Å². The van der Waals surface area contributed by atoms with Gasteiger partial charge in [0.05, 0.1) is 12.1 Å². The zero-order chi connectivity index (χ0) is 14.9. The van der Waals surface area contributed by atoms with Crippen molar-refractivity contribution < 1.29 is 0 Å². The third-order valence-electron chi connectivity index (χ3n) is 4.02. The van der Waals surface area contributed by atoms with Crippen LogP contribution in [0.25, 0.3) is 0 Å². The predicted octanol–water partition coefficient (Wildman–Crippen LogP) is 4.21. The van der Waals surface area contributed by atoms with Crippen LogP contribution in [0.2, 0.25) is 0 Å². The molecule has 0 saturated carbocycles. The SMILES string of the molecule is CSc1ccc([C@H]2C[C@H](c3cccs3)Nc3ncnn32)cc1. The van der Waals surface area contributed by atoms with Crippen LogP contribution in [0, 0.1) is 0 Å². The van der Waals surface area contributed by atoms with E-state index >= 15 is 0 Å². The highest BCUT2D eigenvalue weighted by Crippen LogP contribution is 2.38. The number of nitrogens with one attached hydrogen (secondary N) is 1. The molecule has 22 heavy (non-hydrogen) atoms. The molecule has 0 aliphatic carbocycles. The van der Waals surface area contributed by atoms with Gasteiger partial charge in [0, 0.05) is 9.77 Å². The number of rotatable bonds is 3. The average Bonchev–Trinajstić information content (AvgIpc) is 3.25. The Hall–Kier alpha value is -1.79. The van der Waals surface area contributed by atoms with Crippen LogP contribution >= 0.6 is 23.1 Å². The Balaban J connectivity index is 1.71. The molecule has 0 amide bonds. The second kappa shape index (κ2) is 5.78. The third-order valence-corrected chi connectivity index (χ3v) is 5.75. The highest BCUT2D eigenvalue weighted by atomic mass is 32.2. The summed E-state index contributed by atoms with van der Waals surface area (Å²) in [6.45, 7) is 0. The van der Waals surface area contributed by atoms with Crippen molar-refractivity contribution in [3.8, 4) is 0 Å². The number of anilines is 1. The topological polar surface area (TPSA) is 42.7 Å². The first-order chi connectivity index (χ1) is 10.8. The largest absolute Gasteiger partial charge is 0.347 e. The van der Waals surface area contributed by atoms with E-state index in [1.54, 1.807) is 29.4 Å². The Morgan fingerprint density at radius 3 is 2.86 bits per heavy atom. The van der Waals surface area contributed by atoms with Crippen molar-refractivity contribution in [1.82, 2.24) is 14.8 Å². The monoisotopic (exact) mass is 328 g/mol. The lowest BCUT2D eigenvalue weighted by molar-refractivity contribution is 0.433. The molecule has 6 heteroatoms. The van der Waals surface area contributed by atoms with Gasteiger partial charge in [0.15, 0.2) is 0 Å². The third kappa shape index (κ3) is 2.42. The maximum atomic E-state index is 4.41. The molecule has 3 heterocycles. The average molecular weight is 328 g/mol. The number of hydrogen-bond acceptors (Lipinski definition) is 5. The Bertz CT molecular complexity index is 749. The Labute approximate surface area is 137 Å². The number of fused-ring (bicyclic) bond motifs is 1. The standard InChI is InChI=1S/C16H16N4S2/c1-21-12-6-4-11(5-7-12)14-9-13(15-3-2-8-22-15)19-16-17-10-18-20(14)16/h2-8,10,13-14H,9H2,1H3,(H,17,18,19)/t13-,14-/m1/s1.